The van der Waals surface area contributed by atoms with Crippen molar-refractivity contribution >= 4 is 24.2 Å². The van der Waals surface area contributed by atoms with Crippen LogP contribution in [0.25, 0.3) is 0 Å². The van der Waals surface area contributed by atoms with Gasteiger partial charge in [0.05, 0.1) is 19.2 Å². The topological polar surface area (TPSA) is 67.0 Å². The summed E-state index contributed by atoms with van der Waals surface area (Å²) in [4.78, 5) is 11.2. The van der Waals surface area contributed by atoms with Gasteiger partial charge in [0.15, 0.2) is 0 Å². The lowest BCUT2D eigenvalue weighted by Gasteiger charge is -2.20. The number of esters is 1. The van der Waals surface area contributed by atoms with Crippen molar-refractivity contribution in [2.75, 3.05) is 19.0 Å². The first-order valence-corrected chi connectivity index (χ1v) is 4.15. The second kappa shape index (κ2) is 4.32. The van der Waals surface area contributed by atoms with Crippen LogP contribution < -0.4 is 5.32 Å². The van der Waals surface area contributed by atoms with Crippen molar-refractivity contribution in [3.63, 3.8) is 0 Å². The van der Waals surface area contributed by atoms with Gasteiger partial charge in [-0.25, -0.2) is 0 Å². The van der Waals surface area contributed by atoms with Crippen LogP contribution in [0.1, 0.15) is 5.56 Å². The standard InChI is InChI=1S/C8H11N3O2.ClH/c1-13-8(12)6-2-5-4-10-11-7(5)9-3-6;/h4,6H,2-3H2,1H3,(H2,9,10,11);1H. The summed E-state index contributed by atoms with van der Waals surface area (Å²) >= 11 is 0. The fourth-order valence-electron chi connectivity index (χ4n) is 1.52. The molecule has 0 aromatic carbocycles. The van der Waals surface area contributed by atoms with E-state index in [1.807, 2.05) is 0 Å². The van der Waals surface area contributed by atoms with Gasteiger partial charge >= 0.3 is 5.97 Å². The van der Waals surface area contributed by atoms with Crippen LogP contribution in [-0.2, 0) is 16.0 Å². The van der Waals surface area contributed by atoms with E-state index in [0.717, 1.165) is 11.4 Å². The Morgan fingerprint density at radius 3 is 3.21 bits per heavy atom. The number of fused-ring (bicyclic) bond motifs is 1. The molecule has 1 unspecified atom stereocenters. The average Bonchev–Trinajstić information content (AvgIpc) is 2.63. The predicted molar refractivity (Wildman–Crippen MR) is 53.5 cm³/mol. The molecule has 2 N–H and O–H groups in total. The molecule has 0 aliphatic carbocycles. The highest BCUT2D eigenvalue weighted by atomic mass is 35.5. The number of aromatic nitrogens is 2. The lowest BCUT2D eigenvalue weighted by Crippen LogP contribution is -2.30. The molecule has 1 atom stereocenters. The van der Waals surface area contributed by atoms with Gasteiger partial charge in [0.25, 0.3) is 0 Å². The number of carbonyl (C=O) groups is 1. The van der Waals surface area contributed by atoms with Gasteiger partial charge in [-0.1, -0.05) is 0 Å². The van der Waals surface area contributed by atoms with Crippen LogP contribution in [0.5, 0.6) is 0 Å². The first-order chi connectivity index (χ1) is 6.31. The molecular formula is C8H12ClN3O2. The molecule has 1 aliphatic heterocycles. The number of methoxy groups -OCH3 is 1. The first kappa shape index (κ1) is 10.8. The van der Waals surface area contributed by atoms with E-state index in [-0.39, 0.29) is 24.3 Å². The normalized spacial score (nSPS) is 18.8. The van der Waals surface area contributed by atoms with E-state index in [1.54, 1.807) is 6.20 Å². The number of nitrogens with zero attached hydrogens (tertiary/aromatic N) is 1. The number of rotatable bonds is 1. The molecule has 5 nitrogen and oxygen atoms in total. The largest absolute Gasteiger partial charge is 0.469 e. The lowest BCUT2D eigenvalue weighted by molar-refractivity contribution is -0.145. The predicted octanol–water partition coefficient (Wildman–Crippen LogP) is 0.589. The monoisotopic (exact) mass is 217 g/mol. The van der Waals surface area contributed by atoms with E-state index in [1.165, 1.54) is 7.11 Å². The summed E-state index contributed by atoms with van der Waals surface area (Å²) in [6.45, 7) is 0.613. The molecule has 0 saturated carbocycles. The molecule has 0 spiro atoms. The van der Waals surface area contributed by atoms with Crippen LogP contribution in [-0.4, -0.2) is 29.8 Å². The van der Waals surface area contributed by atoms with E-state index < -0.39 is 0 Å². The Balaban J connectivity index is 0.000000980. The molecule has 14 heavy (non-hydrogen) atoms. The third-order valence-corrected chi connectivity index (χ3v) is 2.24. The summed E-state index contributed by atoms with van der Waals surface area (Å²) in [6.07, 6.45) is 2.43. The Labute approximate surface area is 87.6 Å². The Hall–Kier alpha value is -1.23. The SMILES string of the molecule is COC(=O)C1CNc2[nH]ncc2C1.Cl. The summed E-state index contributed by atoms with van der Waals surface area (Å²) in [5, 5.41) is 9.79. The molecule has 2 heterocycles. The van der Waals surface area contributed by atoms with Crippen LogP contribution in [0.15, 0.2) is 6.20 Å². The quantitative estimate of drug-likeness (QED) is 0.676. The van der Waals surface area contributed by atoms with Crippen molar-refractivity contribution in [1.29, 1.82) is 0 Å². The smallest absolute Gasteiger partial charge is 0.310 e. The molecule has 1 aromatic rings. The zero-order valence-corrected chi connectivity index (χ0v) is 8.56. The minimum Gasteiger partial charge on any atom is -0.469 e. The molecule has 6 heteroatoms. The molecule has 0 saturated heterocycles. The molecule has 0 fully saturated rings. The minimum absolute atomic E-state index is 0. The number of H-pyrrole nitrogens is 1. The van der Waals surface area contributed by atoms with Gasteiger partial charge in [0.1, 0.15) is 5.82 Å². The average molecular weight is 218 g/mol. The van der Waals surface area contributed by atoms with Crippen molar-refractivity contribution in [3.8, 4) is 0 Å². The van der Waals surface area contributed by atoms with Gasteiger partial charge < -0.3 is 10.1 Å². The van der Waals surface area contributed by atoms with Crippen LogP contribution in [0.3, 0.4) is 0 Å². The van der Waals surface area contributed by atoms with Crippen molar-refractivity contribution < 1.29 is 9.53 Å². The van der Waals surface area contributed by atoms with E-state index in [4.69, 9.17) is 0 Å². The molecule has 2 rings (SSSR count). The highest BCUT2D eigenvalue weighted by Gasteiger charge is 2.25. The van der Waals surface area contributed by atoms with Crippen LogP contribution in [0.2, 0.25) is 0 Å². The highest BCUT2D eigenvalue weighted by molar-refractivity contribution is 5.85. The molecule has 1 aromatic heterocycles. The van der Waals surface area contributed by atoms with Crippen LogP contribution >= 0.6 is 12.4 Å². The molecule has 0 radical (unpaired) electrons. The number of halogens is 1. The second-order valence-corrected chi connectivity index (χ2v) is 3.08. The van der Waals surface area contributed by atoms with Crippen molar-refractivity contribution in [1.82, 2.24) is 10.2 Å². The Morgan fingerprint density at radius 1 is 1.71 bits per heavy atom. The lowest BCUT2D eigenvalue weighted by atomic mass is 9.98. The van der Waals surface area contributed by atoms with Gasteiger partial charge in [-0.15, -0.1) is 12.4 Å². The molecule has 0 amide bonds. The number of hydrogen-bond donors (Lipinski definition) is 2. The number of carbonyl (C=O) groups excluding carboxylic acids is 1. The van der Waals surface area contributed by atoms with Crippen molar-refractivity contribution in [3.05, 3.63) is 11.8 Å². The number of nitrogens with one attached hydrogen (secondary N) is 2. The maximum absolute atomic E-state index is 11.2. The second-order valence-electron chi connectivity index (χ2n) is 3.08. The molecule has 0 bridgehead atoms. The Bertz CT molecular complexity index is 326. The van der Waals surface area contributed by atoms with Crippen LogP contribution in [0, 0.1) is 5.92 Å². The maximum atomic E-state index is 11.2. The van der Waals surface area contributed by atoms with E-state index in [9.17, 15) is 4.79 Å². The van der Waals surface area contributed by atoms with Gasteiger partial charge in [0, 0.05) is 12.1 Å². The fourth-order valence-corrected chi connectivity index (χ4v) is 1.52. The number of aromatic amines is 1. The highest BCUT2D eigenvalue weighted by Crippen LogP contribution is 2.22. The number of anilines is 1. The molecule has 78 valence electrons. The Morgan fingerprint density at radius 2 is 2.50 bits per heavy atom. The zero-order chi connectivity index (χ0) is 9.26. The molecule has 1 aliphatic rings. The Kier molecular flexibility index (Phi) is 3.35. The summed E-state index contributed by atoms with van der Waals surface area (Å²) in [5.74, 6) is 0.662. The van der Waals surface area contributed by atoms with E-state index >= 15 is 0 Å². The van der Waals surface area contributed by atoms with E-state index in [0.29, 0.717) is 13.0 Å². The number of ether oxygens (including phenoxy) is 1. The third-order valence-electron chi connectivity index (χ3n) is 2.24. The van der Waals surface area contributed by atoms with Gasteiger partial charge in [-0.3, -0.25) is 9.89 Å². The van der Waals surface area contributed by atoms with E-state index in [2.05, 4.69) is 20.3 Å². The zero-order valence-electron chi connectivity index (χ0n) is 7.74. The first-order valence-electron chi connectivity index (χ1n) is 4.15. The van der Waals surface area contributed by atoms with Gasteiger partial charge in [0.2, 0.25) is 0 Å². The van der Waals surface area contributed by atoms with Crippen LogP contribution in [0.4, 0.5) is 5.82 Å². The molecular weight excluding hydrogens is 206 g/mol. The third kappa shape index (κ3) is 1.82. The van der Waals surface area contributed by atoms with Gasteiger partial charge in [-0.05, 0) is 6.42 Å². The summed E-state index contributed by atoms with van der Waals surface area (Å²) in [5.41, 5.74) is 1.04. The summed E-state index contributed by atoms with van der Waals surface area (Å²) < 4.78 is 4.67. The van der Waals surface area contributed by atoms with Gasteiger partial charge in [-0.2, -0.15) is 5.10 Å². The summed E-state index contributed by atoms with van der Waals surface area (Å²) in [7, 11) is 1.41. The fraction of sp³-hybridized carbons (Fsp3) is 0.500. The maximum Gasteiger partial charge on any atom is 0.310 e. The van der Waals surface area contributed by atoms with Crippen molar-refractivity contribution in [2.24, 2.45) is 5.92 Å². The van der Waals surface area contributed by atoms with Crippen molar-refractivity contribution in [2.45, 2.75) is 6.42 Å². The number of hydrogen-bond acceptors (Lipinski definition) is 4. The minimum atomic E-state index is -0.167. The summed E-state index contributed by atoms with van der Waals surface area (Å²) in [6, 6.07) is 0.